The van der Waals surface area contributed by atoms with Gasteiger partial charge in [0.1, 0.15) is 67.0 Å². The van der Waals surface area contributed by atoms with Crippen LogP contribution in [0.15, 0.2) is 0 Å². The van der Waals surface area contributed by atoms with Gasteiger partial charge in [-0.3, -0.25) is 14.4 Å². The summed E-state index contributed by atoms with van der Waals surface area (Å²) in [5.41, 5.74) is 0. The molecule has 3 aliphatic rings. The van der Waals surface area contributed by atoms with E-state index in [9.17, 15) is 55.2 Å². The Bertz CT molecular complexity index is 959. The maximum atomic E-state index is 11.9. The van der Waals surface area contributed by atoms with E-state index in [1.165, 1.54) is 0 Å². The Morgan fingerprint density at radius 1 is 0.605 bits per heavy atom. The van der Waals surface area contributed by atoms with Crippen molar-refractivity contribution in [2.45, 2.75) is 113 Å². The van der Waals surface area contributed by atoms with E-state index >= 15 is 0 Å². The van der Waals surface area contributed by atoms with Crippen LogP contribution in [0.5, 0.6) is 0 Å². The molecule has 0 aliphatic carbocycles. The molecule has 2 amide bonds. The SMILES string of the molecule is CC(=O)NC1C(OC2C(CO)OC(O)C(OC3OC(CO)C(OC(C)=O)C(O)C3NC(C)=O)C2O)OC(CO)C(O)C1O. The average molecular weight is 629 g/mol. The van der Waals surface area contributed by atoms with Gasteiger partial charge >= 0.3 is 5.97 Å². The van der Waals surface area contributed by atoms with Crippen LogP contribution in [0.2, 0.25) is 0 Å². The molecule has 0 radical (unpaired) electrons. The van der Waals surface area contributed by atoms with Crippen molar-refractivity contribution in [3.8, 4) is 0 Å². The van der Waals surface area contributed by atoms with Gasteiger partial charge in [-0.05, 0) is 0 Å². The number of aliphatic hydroxyl groups excluding tert-OH is 8. The van der Waals surface area contributed by atoms with Gasteiger partial charge in [0, 0.05) is 20.8 Å². The molecule has 248 valence electrons. The predicted octanol–water partition coefficient (Wildman–Crippen LogP) is -6.71. The van der Waals surface area contributed by atoms with Gasteiger partial charge in [-0.25, -0.2) is 0 Å². The molecule has 0 spiro atoms. The average Bonchev–Trinajstić information content (AvgIpc) is 2.94. The van der Waals surface area contributed by atoms with Crippen LogP contribution in [-0.2, 0) is 42.8 Å². The van der Waals surface area contributed by atoms with Gasteiger partial charge in [0.05, 0.1) is 19.8 Å². The van der Waals surface area contributed by atoms with Gasteiger partial charge in [-0.15, -0.1) is 0 Å². The zero-order chi connectivity index (χ0) is 32.2. The lowest BCUT2D eigenvalue weighted by Gasteiger charge is -2.49. The number of nitrogens with one attached hydrogen (secondary N) is 2. The molecule has 0 aromatic rings. The molecule has 19 heteroatoms. The molecular weight excluding hydrogens is 588 g/mol. The molecular formula is C24H40N2O17. The van der Waals surface area contributed by atoms with Crippen molar-refractivity contribution in [1.82, 2.24) is 10.6 Å². The van der Waals surface area contributed by atoms with Crippen molar-refractivity contribution < 1.29 is 83.7 Å². The van der Waals surface area contributed by atoms with E-state index in [0.717, 1.165) is 20.8 Å². The summed E-state index contributed by atoms with van der Waals surface area (Å²) in [6, 6.07) is -2.90. The zero-order valence-corrected chi connectivity index (χ0v) is 23.5. The standard InChI is InChI=1S/C24H40N2O17/c1-7(30)25-13-16(34)15(33)10(4-27)40-23(13)42-20-11(5-28)39-22(37)21(18(20)36)43-24-14(26-8(2)31)17(35)19(38-9(3)32)12(6-29)41-24/h10-24,27-29,33-37H,4-6H2,1-3H3,(H,25,30)(H,26,31). The minimum atomic E-state index is -1.97. The van der Waals surface area contributed by atoms with Crippen molar-refractivity contribution >= 4 is 17.8 Å². The molecule has 15 atom stereocenters. The monoisotopic (exact) mass is 628 g/mol. The minimum Gasteiger partial charge on any atom is -0.457 e. The van der Waals surface area contributed by atoms with E-state index in [2.05, 4.69) is 10.6 Å². The summed E-state index contributed by atoms with van der Waals surface area (Å²) >= 11 is 0. The second-order valence-electron chi connectivity index (χ2n) is 10.4. The summed E-state index contributed by atoms with van der Waals surface area (Å²) in [6.07, 6.45) is -21.3. The second kappa shape index (κ2) is 15.3. The molecule has 43 heavy (non-hydrogen) atoms. The number of hydrogen-bond acceptors (Lipinski definition) is 17. The summed E-state index contributed by atoms with van der Waals surface area (Å²) in [4.78, 5) is 35.3. The maximum absolute atomic E-state index is 11.9. The highest BCUT2D eigenvalue weighted by Crippen LogP contribution is 2.33. The van der Waals surface area contributed by atoms with E-state index in [-0.39, 0.29) is 0 Å². The molecule has 19 nitrogen and oxygen atoms in total. The number of carbonyl (C=O) groups excluding carboxylic acids is 3. The molecule has 0 saturated carbocycles. The molecule has 3 fully saturated rings. The Hall–Kier alpha value is -2.11. The van der Waals surface area contributed by atoms with Gasteiger partial charge < -0.3 is 79.9 Å². The van der Waals surface area contributed by atoms with Gasteiger partial charge in [0.25, 0.3) is 0 Å². The van der Waals surface area contributed by atoms with Crippen LogP contribution in [0.1, 0.15) is 20.8 Å². The summed E-state index contributed by atoms with van der Waals surface area (Å²) < 4.78 is 33.1. The van der Waals surface area contributed by atoms with E-state index < -0.39 is 130 Å². The maximum Gasteiger partial charge on any atom is 0.303 e. The number of aliphatic hydroxyl groups is 8. The highest BCUT2D eigenvalue weighted by molar-refractivity contribution is 5.73. The van der Waals surface area contributed by atoms with Crippen LogP contribution >= 0.6 is 0 Å². The first-order chi connectivity index (χ1) is 20.2. The molecule has 3 rings (SSSR count). The number of amides is 2. The summed E-state index contributed by atoms with van der Waals surface area (Å²) in [6.45, 7) is 0.883. The third-order valence-electron chi connectivity index (χ3n) is 7.17. The number of carbonyl (C=O) groups is 3. The lowest BCUT2D eigenvalue weighted by molar-refractivity contribution is -0.369. The van der Waals surface area contributed by atoms with Crippen LogP contribution in [0.25, 0.3) is 0 Å². The van der Waals surface area contributed by atoms with Crippen LogP contribution in [0, 0.1) is 0 Å². The molecule has 0 aromatic carbocycles. The molecule has 3 heterocycles. The quantitative estimate of drug-likeness (QED) is 0.101. The Morgan fingerprint density at radius 3 is 1.56 bits per heavy atom. The van der Waals surface area contributed by atoms with Gasteiger partial charge in [0.2, 0.25) is 11.8 Å². The highest BCUT2D eigenvalue weighted by atomic mass is 16.7. The van der Waals surface area contributed by atoms with Gasteiger partial charge in [0.15, 0.2) is 25.0 Å². The lowest BCUT2D eigenvalue weighted by Crippen LogP contribution is -2.69. The summed E-state index contributed by atoms with van der Waals surface area (Å²) in [5.74, 6) is -2.16. The first-order valence-electron chi connectivity index (χ1n) is 13.5. The number of hydrogen-bond donors (Lipinski definition) is 10. The Morgan fingerprint density at radius 2 is 1.07 bits per heavy atom. The normalized spacial score (nSPS) is 43.5. The Balaban J connectivity index is 1.88. The molecule has 10 N–H and O–H groups in total. The van der Waals surface area contributed by atoms with Crippen molar-refractivity contribution in [1.29, 1.82) is 0 Å². The predicted molar refractivity (Wildman–Crippen MR) is 134 cm³/mol. The number of rotatable bonds is 10. The summed E-state index contributed by atoms with van der Waals surface area (Å²) in [7, 11) is 0. The largest absolute Gasteiger partial charge is 0.457 e. The number of ether oxygens (including phenoxy) is 6. The van der Waals surface area contributed by atoms with Crippen LogP contribution in [0.4, 0.5) is 0 Å². The van der Waals surface area contributed by atoms with Gasteiger partial charge in [-0.1, -0.05) is 0 Å². The summed E-state index contributed by atoms with van der Waals surface area (Å²) in [5, 5.41) is 87.7. The Labute approximate surface area is 245 Å². The fraction of sp³-hybridized carbons (Fsp3) is 0.875. The van der Waals surface area contributed by atoms with Crippen molar-refractivity contribution in [2.75, 3.05) is 19.8 Å². The Kier molecular flexibility index (Phi) is 12.5. The smallest absolute Gasteiger partial charge is 0.303 e. The molecule has 3 saturated heterocycles. The van der Waals surface area contributed by atoms with Crippen molar-refractivity contribution in [3.63, 3.8) is 0 Å². The van der Waals surface area contributed by atoms with Crippen molar-refractivity contribution in [3.05, 3.63) is 0 Å². The first kappa shape index (κ1) is 35.4. The fourth-order valence-electron chi connectivity index (χ4n) is 5.18. The molecule has 3 aliphatic heterocycles. The van der Waals surface area contributed by atoms with Crippen LogP contribution in [-0.4, -0.2) is 170 Å². The third-order valence-corrected chi connectivity index (χ3v) is 7.17. The fourth-order valence-corrected chi connectivity index (χ4v) is 5.18. The van der Waals surface area contributed by atoms with E-state index in [4.69, 9.17) is 28.4 Å². The zero-order valence-electron chi connectivity index (χ0n) is 23.5. The lowest BCUT2D eigenvalue weighted by atomic mass is 9.94. The molecule has 15 unspecified atom stereocenters. The highest BCUT2D eigenvalue weighted by Gasteiger charge is 2.54. The number of esters is 1. The molecule has 0 aromatic heterocycles. The third kappa shape index (κ3) is 8.14. The first-order valence-corrected chi connectivity index (χ1v) is 13.5. The van der Waals surface area contributed by atoms with Crippen LogP contribution in [0.3, 0.4) is 0 Å². The van der Waals surface area contributed by atoms with Gasteiger partial charge in [-0.2, -0.15) is 0 Å². The molecule has 0 bridgehead atoms. The van der Waals surface area contributed by atoms with E-state index in [0.29, 0.717) is 0 Å². The second-order valence-corrected chi connectivity index (χ2v) is 10.4. The van der Waals surface area contributed by atoms with E-state index in [1.807, 2.05) is 0 Å². The topological polar surface area (TPSA) is 292 Å². The minimum absolute atomic E-state index is 0.658. The van der Waals surface area contributed by atoms with E-state index in [1.54, 1.807) is 0 Å². The van der Waals surface area contributed by atoms with Crippen molar-refractivity contribution in [2.24, 2.45) is 0 Å². The van der Waals surface area contributed by atoms with Crippen LogP contribution < -0.4 is 10.6 Å².